The van der Waals surface area contributed by atoms with Crippen molar-refractivity contribution in [3.05, 3.63) is 0 Å². The summed E-state index contributed by atoms with van der Waals surface area (Å²) < 4.78 is 25.8. The number of carbonyl (C=O) groups excluding carboxylic acids is 1. The van der Waals surface area contributed by atoms with E-state index in [9.17, 15) is 13.2 Å². The van der Waals surface area contributed by atoms with Crippen molar-refractivity contribution in [3.8, 4) is 0 Å². The molecule has 0 bridgehead atoms. The molecule has 0 atom stereocenters. The van der Waals surface area contributed by atoms with Crippen molar-refractivity contribution >= 4 is 16.6 Å². The Morgan fingerprint density at radius 3 is 2.60 bits per heavy atom. The fraction of sp³-hybridized carbons (Fsp3) is 0.667. The maximum absolute atomic E-state index is 10.1. The molecule has 0 saturated carbocycles. The van der Waals surface area contributed by atoms with E-state index in [0.717, 1.165) is 0 Å². The van der Waals surface area contributed by atoms with Gasteiger partial charge in [0.2, 0.25) is 0 Å². The van der Waals surface area contributed by atoms with Gasteiger partial charge in [-0.25, -0.2) is 4.79 Å². The lowest BCUT2D eigenvalue weighted by Crippen LogP contribution is -2.03. The molecule has 0 heterocycles. The molecule has 0 saturated heterocycles. The van der Waals surface area contributed by atoms with Crippen molar-refractivity contribution < 1.29 is 23.1 Å². The Balaban J connectivity index is 3.77. The lowest BCUT2D eigenvalue weighted by molar-refractivity contribution is 0.128. The summed E-state index contributed by atoms with van der Waals surface area (Å²) in [7, 11) is -2.78. The number of aliphatic hydroxyl groups excluding tert-OH is 1. The topological polar surface area (TPSA) is 93.0 Å². The van der Waals surface area contributed by atoms with E-state index in [1.54, 1.807) is 0 Å². The minimum atomic E-state index is -2.78. The highest BCUT2D eigenvalue weighted by molar-refractivity contribution is 7.62. The van der Waals surface area contributed by atoms with Crippen LogP contribution in [-0.4, -0.2) is 32.8 Å². The predicted molar refractivity (Wildman–Crippen MR) is 29.8 cm³/mol. The standard InChI is InChI=1S/C3H5NO5S/c5-1-2-9-3(6)4-10(7)8/h5H,1-2H2. The summed E-state index contributed by atoms with van der Waals surface area (Å²) >= 11 is 0. The van der Waals surface area contributed by atoms with E-state index in [4.69, 9.17) is 5.11 Å². The van der Waals surface area contributed by atoms with Gasteiger partial charge in [-0.1, -0.05) is 4.36 Å². The van der Waals surface area contributed by atoms with Crippen LogP contribution in [0.5, 0.6) is 0 Å². The number of rotatable bonds is 2. The normalized spacial score (nSPS) is 8.50. The number of carbonyl (C=O) groups is 1. The first kappa shape index (κ1) is 9.05. The molecule has 7 heteroatoms. The molecule has 0 radical (unpaired) electrons. The number of nitrogens with zero attached hydrogens (tertiary/aromatic N) is 1. The molecule has 0 aliphatic heterocycles. The third-order valence-corrected chi connectivity index (χ3v) is 0.764. The number of aliphatic hydroxyl groups is 1. The molecular weight excluding hydrogens is 162 g/mol. The maximum atomic E-state index is 10.1. The highest BCUT2D eigenvalue weighted by Gasteiger charge is 1.96. The van der Waals surface area contributed by atoms with Crippen LogP contribution in [0.1, 0.15) is 0 Å². The van der Waals surface area contributed by atoms with E-state index >= 15 is 0 Å². The molecule has 0 aliphatic carbocycles. The van der Waals surface area contributed by atoms with Crippen LogP contribution in [0.15, 0.2) is 4.36 Å². The SMILES string of the molecule is O=C(N=S(=O)=O)OCCO. The average molecular weight is 167 g/mol. The van der Waals surface area contributed by atoms with Crippen LogP contribution < -0.4 is 0 Å². The zero-order valence-corrected chi connectivity index (χ0v) is 5.67. The molecule has 0 rings (SSSR count). The minimum absolute atomic E-state index is 0.250. The molecule has 0 aliphatic rings. The second-order valence-electron chi connectivity index (χ2n) is 1.15. The van der Waals surface area contributed by atoms with Crippen LogP contribution in [0, 0.1) is 0 Å². The predicted octanol–water partition coefficient (Wildman–Crippen LogP) is -0.822. The van der Waals surface area contributed by atoms with Gasteiger partial charge in [0.25, 0.3) is 0 Å². The number of hydrogen-bond donors (Lipinski definition) is 1. The Labute approximate surface area is 58.1 Å². The smallest absolute Gasteiger partial charge is 0.445 e. The third kappa shape index (κ3) is 5.19. The summed E-state index contributed by atoms with van der Waals surface area (Å²) in [6, 6.07) is 0. The molecule has 0 spiro atoms. The van der Waals surface area contributed by atoms with Gasteiger partial charge in [0.05, 0.1) is 6.61 Å². The summed E-state index contributed by atoms with van der Waals surface area (Å²) in [5.74, 6) is 0. The van der Waals surface area contributed by atoms with Crippen LogP contribution in [0.2, 0.25) is 0 Å². The highest BCUT2D eigenvalue weighted by atomic mass is 32.2. The van der Waals surface area contributed by atoms with Gasteiger partial charge in [-0.2, -0.15) is 8.42 Å². The van der Waals surface area contributed by atoms with Crippen LogP contribution in [-0.2, 0) is 15.2 Å². The van der Waals surface area contributed by atoms with Gasteiger partial charge in [-0.05, 0) is 0 Å². The Kier molecular flexibility index (Phi) is 4.42. The number of ether oxygens (including phenoxy) is 1. The zero-order valence-electron chi connectivity index (χ0n) is 4.85. The molecule has 1 amide bonds. The molecule has 0 aromatic carbocycles. The summed E-state index contributed by atoms with van der Waals surface area (Å²) in [6.45, 7) is -0.605. The van der Waals surface area contributed by atoms with Gasteiger partial charge in [-0.3, -0.25) is 0 Å². The number of hydrogen-bond acceptors (Lipinski definition) is 5. The molecule has 0 unspecified atom stereocenters. The van der Waals surface area contributed by atoms with E-state index in [1.165, 1.54) is 0 Å². The molecule has 0 fully saturated rings. The van der Waals surface area contributed by atoms with Crippen molar-refractivity contribution in [2.75, 3.05) is 13.2 Å². The monoisotopic (exact) mass is 167 g/mol. The Morgan fingerprint density at radius 2 is 2.20 bits per heavy atom. The first-order valence-corrected chi connectivity index (χ1v) is 3.28. The first-order chi connectivity index (χ1) is 4.66. The van der Waals surface area contributed by atoms with Gasteiger partial charge in [-0.15, -0.1) is 0 Å². The van der Waals surface area contributed by atoms with E-state index in [1.807, 2.05) is 0 Å². The molecule has 0 aromatic rings. The second kappa shape index (κ2) is 4.89. The Hall–Kier alpha value is -0.950. The second-order valence-corrected chi connectivity index (χ2v) is 1.76. The summed E-state index contributed by atoms with van der Waals surface area (Å²) in [5.41, 5.74) is 0. The molecule has 58 valence electrons. The van der Waals surface area contributed by atoms with Gasteiger partial charge >= 0.3 is 16.6 Å². The van der Waals surface area contributed by atoms with Crippen LogP contribution >= 0.6 is 0 Å². The van der Waals surface area contributed by atoms with Crippen molar-refractivity contribution in [2.24, 2.45) is 4.36 Å². The average Bonchev–Trinajstić information content (AvgIpc) is 1.82. The third-order valence-electron chi connectivity index (χ3n) is 0.466. The Bertz CT molecular complexity index is 221. The van der Waals surface area contributed by atoms with E-state index in [0.29, 0.717) is 0 Å². The van der Waals surface area contributed by atoms with Crippen LogP contribution in [0.3, 0.4) is 0 Å². The van der Waals surface area contributed by atoms with Crippen LogP contribution in [0.25, 0.3) is 0 Å². The van der Waals surface area contributed by atoms with Crippen LogP contribution in [0.4, 0.5) is 4.79 Å². The van der Waals surface area contributed by atoms with E-state index in [2.05, 4.69) is 9.10 Å². The fourth-order valence-electron chi connectivity index (χ4n) is 0.220. The molecule has 1 N–H and O–H groups in total. The van der Waals surface area contributed by atoms with Gasteiger partial charge in [0.1, 0.15) is 6.61 Å². The first-order valence-electron chi connectivity index (χ1n) is 2.25. The van der Waals surface area contributed by atoms with Crippen molar-refractivity contribution in [1.29, 1.82) is 0 Å². The number of amides is 1. The minimum Gasteiger partial charge on any atom is -0.445 e. The van der Waals surface area contributed by atoms with E-state index < -0.39 is 16.6 Å². The van der Waals surface area contributed by atoms with Gasteiger partial charge in [0, 0.05) is 0 Å². The summed E-state index contributed by atoms with van der Waals surface area (Å²) in [4.78, 5) is 10.1. The Morgan fingerprint density at radius 1 is 1.60 bits per heavy atom. The quantitative estimate of drug-likeness (QED) is 0.579. The van der Waals surface area contributed by atoms with Crippen molar-refractivity contribution in [1.82, 2.24) is 0 Å². The highest BCUT2D eigenvalue weighted by Crippen LogP contribution is 1.80. The van der Waals surface area contributed by atoms with Crippen molar-refractivity contribution in [3.63, 3.8) is 0 Å². The van der Waals surface area contributed by atoms with Gasteiger partial charge in [0.15, 0.2) is 0 Å². The largest absolute Gasteiger partial charge is 0.448 e. The van der Waals surface area contributed by atoms with E-state index in [-0.39, 0.29) is 13.2 Å². The zero-order chi connectivity index (χ0) is 7.98. The molecule has 6 nitrogen and oxygen atoms in total. The maximum Gasteiger partial charge on any atom is 0.448 e. The molecule has 10 heavy (non-hydrogen) atoms. The fourth-order valence-corrected chi connectivity index (χ4v) is 0.395. The van der Waals surface area contributed by atoms with Gasteiger partial charge < -0.3 is 9.84 Å². The summed E-state index contributed by atoms with van der Waals surface area (Å²) in [5, 5.41) is 8.08. The summed E-state index contributed by atoms with van der Waals surface area (Å²) in [6.07, 6.45) is -1.22. The van der Waals surface area contributed by atoms with Crippen molar-refractivity contribution in [2.45, 2.75) is 0 Å². The molecular formula is C3H5NO5S. The lowest BCUT2D eigenvalue weighted by Gasteiger charge is -1.92. The molecule has 0 aromatic heterocycles. The lowest BCUT2D eigenvalue weighted by atomic mass is 10.8.